The van der Waals surface area contributed by atoms with Gasteiger partial charge in [-0.1, -0.05) is 0 Å². The van der Waals surface area contributed by atoms with E-state index in [9.17, 15) is 5.11 Å². The number of phenolic OH excluding ortho intramolecular Hbond substituents is 1. The molecule has 3 aromatic rings. The fourth-order valence-corrected chi connectivity index (χ4v) is 4.53. The molecular weight excluding hydrogens is 332 g/mol. The van der Waals surface area contributed by atoms with Gasteiger partial charge in [-0.25, -0.2) is 4.98 Å². The summed E-state index contributed by atoms with van der Waals surface area (Å²) in [5.74, 6) is 1.32. The van der Waals surface area contributed by atoms with E-state index in [0.717, 1.165) is 41.6 Å². The first-order chi connectivity index (χ1) is 12.6. The van der Waals surface area contributed by atoms with Crippen LogP contribution in [0, 0.1) is 0 Å². The molecule has 1 atom stereocenters. The lowest BCUT2D eigenvalue weighted by Crippen LogP contribution is -2.35. The predicted octanol–water partition coefficient (Wildman–Crippen LogP) is 3.30. The third-order valence-corrected chi connectivity index (χ3v) is 5.75. The SMILES string of the molecule is COc1c(O)cc2c3c1-c1cc(OC)c4ocnc4c1CC3N(C)CC2. The molecule has 1 aliphatic heterocycles. The van der Waals surface area contributed by atoms with Crippen LogP contribution in [0.4, 0.5) is 0 Å². The second-order valence-electron chi connectivity index (χ2n) is 6.96. The van der Waals surface area contributed by atoms with Crippen molar-refractivity contribution in [3.8, 4) is 28.4 Å². The molecule has 1 aromatic heterocycles. The Labute approximate surface area is 151 Å². The summed E-state index contributed by atoms with van der Waals surface area (Å²) in [5.41, 5.74) is 6.96. The lowest BCUT2D eigenvalue weighted by Gasteiger charge is -2.40. The van der Waals surface area contributed by atoms with Gasteiger partial charge in [-0.3, -0.25) is 4.90 Å². The second kappa shape index (κ2) is 5.38. The van der Waals surface area contributed by atoms with Gasteiger partial charge in [0.2, 0.25) is 0 Å². The summed E-state index contributed by atoms with van der Waals surface area (Å²) >= 11 is 0. The van der Waals surface area contributed by atoms with Gasteiger partial charge in [0.1, 0.15) is 5.52 Å². The number of benzene rings is 2. The standard InChI is InChI=1S/C20H20N2O4/c1-22-5-4-10-6-14(23)19(25-3)17-11-8-15(24-2)20-18(21-9-26-20)12(11)7-13(22)16(10)17/h6,8-9,13,23H,4-5,7H2,1-3H3. The first-order valence-corrected chi connectivity index (χ1v) is 8.70. The van der Waals surface area contributed by atoms with E-state index >= 15 is 0 Å². The van der Waals surface area contributed by atoms with E-state index in [4.69, 9.17) is 13.9 Å². The Hall–Kier alpha value is -2.73. The van der Waals surface area contributed by atoms with Gasteiger partial charge in [0, 0.05) is 18.2 Å². The minimum absolute atomic E-state index is 0.177. The molecule has 0 fully saturated rings. The quantitative estimate of drug-likeness (QED) is 0.763. The van der Waals surface area contributed by atoms with E-state index in [-0.39, 0.29) is 11.8 Å². The maximum atomic E-state index is 10.6. The molecule has 1 N–H and O–H groups in total. The molecule has 0 saturated carbocycles. The van der Waals surface area contributed by atoms with Crippen molar-refractivity contribution in [2.75, 3.05) is 27.8 Å². The fourth-order valence-electron chi connectivity index (χ4n) is 4.53. The molecule has 0 radical (unpaired) electrons. The van der Waals surface area contributed by atoms with Gasteiger partial charge in [-0.2, -0.15) is 0 Å². The van der Waals surface area contributed by atoms with E-state index < -0.39 is 0 Å². The van der Waals surface area contributed by atoms with Crippen molar-refractivity contribution in [1.82, 2.24) is 9.88 Å². The van der Waals surface area contributed by atoms with Gasteiger partial charge in [-0.15, -0.1) is 0 Å². The van der Waals surface area contributed by atoms with Crippen LogP contribution in [0.5, 0.6) is 17.2 Å². The molecule has 2 aromatic carbocycles. The van der Waals surface area contributed by atoms with E-state index in [1.54, 1.807) is 14.2 Å². The Bertz CT molecular complexity index is 1040. The van der Waals surface area contributed by atoms with Crippen LogP contribution in [0.25, 0.3) is 22.2 Å². The monoisotopic (exact) mass is 352 g/mol. The molecule has 1 aliphatic carbocycles. The van der Waals surface area contributed by atoms with Gasteiger partial charge >= 0.3 is 0 Å². The molecule has 6 heteroatoms. The van der Waals surface area contributed by atoms with Crippen LogP contribution >= 0.6 is 0 Å². The molecule has 2 heterocycles. The number of hydrogen-bond acceptors (Lipinski definition) is 6. The molecule has 0 spiro atoms. The average Bonchev–Trinajstić information content (AvgIpc) is 3.14. The third-order valence-electron chi connectivity index (χ3n) is 5.75. The number of methoxy groups -OCH3 is 2. The van der Waals surface area contributed by atoms with Gasteiger partial charge in [0.25, 0.3) is 0 Å². The van der Waals surface area contributed by atoms with Crippen molar-refractivity contribution in [2.45, 2.75) is 18.9 Å². The van der Waals surface area contributed by atoms with Crippen molar-refractivity contribution in [2.24, 2.45) is 0 Å². The normalized spacial score (nSPS) is 18.5. The van der Waals surface area contributed by atoms with Crippen LogP contribution < -0.4 is 9.47 Å². The van der Waals surface area contributed by atoms with Crippen LogP contribution in [-0.2, 0) is 12.8 Å². The van der Waals surface area contributed by atoms with Crippen LogP contribution in [0.3, 0.4) is 0 Å². The summed E-state index contributed by atoms with van der Waals surface area (Å²) in [6, 6.07) is 4.06. The highest BCUT2D eigenvalue weighted by Crippen LogP contribution is 2.54. The highest BCUT2D eigenvalue weighted by Gasteiger charge is 2.37. The van der Waals surface area contributed by atoms with Gasteiger partial charge in [-0.05, 0) is 54.3 Å². The molecular formula is C20H20N2O4. The van der Waals surface area contributed by atoms with E-state index in [0.29, 0.717) is 17.1 Å². The predicted molar refractivity (Wildman–Crippen MR) is 97.0 cm³/mol. The molecule has 0 amide bonds. The average molecular weight is 352 g/mol. The van der Waals surface area contributed by atoms with Crippen LogP contribution in [-0.4, -0.2) is 42.8 Å². The zero-order valence-electron chi connectivity index (χ0n) is 15.0. The Morgan fingerprint density at radius 1 is 1.27 bits per heavy atom. The lowest BCUT2D eigenvalue weighted by atomic mass is 9.76. The summed E-state index contributed by atoms with van der Waals surface area (Å²) in [6.45, 7) is 0.955. The summed E-state index contributed by atoms with van der Waals surface area (Å²) in [6.07, 6.45) is 3.21. The molecule has 2 aliphatic rings. The van der Waals surface area contributed by atoms with E-state index in [2.05, 4.69) is 16.9 Å². The number of fused-ring (bicyclic) bond motifs is 4. The zero-order valence-corrected chi connectivity index (χ0v) is 15.0. The van der Waals surface area contributed by atoms with Gasteiger partial charge < -0.3 is 19.0 Å². The molecule has 0 bridgehead atoms. The second-order valence-corrected chi connectivity index (χ2v) is 6.96. The number of aromatic nitrogens is 1. The summed E-state index contributed by atoms with van der Waals surface area (Å²) in [7, 11) is 5.36. The fraction of sp³-hybridized carbons (Fsp3) is 0.350. The first kappa shape index (κ1) is 15.5. The number of rotatable bonds is 2. The minimum atomic E-state index is 0.177. The molecule has 0 saturated heterocycles. The summed E-state index contributed by atoms with van der Waals surface area (Å²) in [5, 5.41) is 10.6. The maximum Gasteiger partial charge on any atom is 0.196 e. The van der Waals surface area contributed by atoms with Crippen LogP contribution in [0.15, 0.2) is 22.9 Å². The maximum absolute atomic E-state index is 10.6. The Morgan fingerprint density at radius 2 is 2.12 bits per heavy atom. The van der Waals surface area contributed by atoms with Crippen molar-refractivity contribution in [3.05, 3.63) is 35.2 Å². The van der Waals surface area contributed by atoms with E-state index in [1.165, 1.54) is 17.5 Å². The Balaban J connectivity index is 1.93. The molecule has 1 unspecified atom stereocenters. The number of phenols is 1. The minimum Gasteiger partial charge on any atom is -0.504 e. The van der Waals surface area contributed by atoms with Crippen molar-refractivity contribution >= 4 is 11.1 Å². The summed E-state index contributed by atoms with van der Waals surface area (Å²) < 4.78 is 16.7. The van der Waals surface area contributed by atoms with Gasteiger partial charge in [0.05, 0.1) is 14.2 Å². The third kappa shape index (κ3) is 1.88. The molecule has 6 nitrogen and oxygen atoms in total. The summed E-state index contributed by atoms with van der Waals surface area (Å²) in [4.78, 5) is 6.82. The number of likely N-dealkylation sites (N-methyl/N-ethyl adjacent to an activating group) is 1. The topological polar surface area (TPSA) is 68.0 Å². The van der Waals surface area contributed by atoms with Crippen molar-refractivity contribution in [3.63, 3.8) is 0 Å². The van der Waals surface area contributed by atoms with Crippen molar-refractivity contribution < 1.29 is 19.0 Å². The first-order valence-electron chi connectivity index (χ1n) is 8.70. The molecule has 5 rings (SSSR count). The molecule has 26 heavy (non-hydrogen) atoms. The number of ether oxygens (including phenoxy) is 2. The molecule has 134 valence electrons. The number of oxazole rings is 1. The highest BCUT2D eigenvalue weighted by molar-refractivity contribution is 5.95. The van der Waals surface area contributed by atoms with Crippen LogP contribution in [0.2, 0.25) is 0 Å². The Kier molecular flexibility index (Phi) is 3.21. The van der Waals surface area contributed by atoms with E-state index in [1.807, 2.05) is 12.1 Å². The largest absolute Gasteiger partial charge is 0.504 e. The van der Waals surface area contributed by atoms with Crippen molar-refractivity contribution in [1.29, 1.82) is 0 Å². The highest BCUT2D eigenvalue weighted by atomic mass is 16.5. The lowest BCUT2D eigenvalue weighted by molar-refractivity contribution is 0.227. The van der Waals surface area contributed by atoms with Crippen LogP contribution in [0.1, 0.15) is 22.7 Å². The smallest absolute Gasteiger partial charge is 0.196 e. The number of aromatic hydroxyl groups is 1. The van der Waals surface area contributed by atoms with Gasteiger partial charge in [0.15, 0.2) is 29.2 Å². The zero-order chi connectivity index (χ0) is 18.0. The Morgan fingerprint density at radius 3 is 2.88 bits per heavy atom. The number of hydrogen-bond donors (Lipinski definition) is 1. The number of nitrogens with zero attached hydrogens (tertiary/aromatic N) is 2.